The Hall–Kier alpha value is -0.130. The molecule has 0 amide bonds. The highest BCUT2D eigenvalue weighted by molar-refractivity contribution is 7.90. The molecule has 0 aliphatic heterocycles. The van der Waals surface area contributed by atoms with Gasteiger partial charge in [0, 0.05) is 25.2 Å². The highest BCUT2D eigenvalue weighted by Gasteiger charge is 2.39. The average molecular weight is 305 g/mol. The summed E-state index contributed by atoms with van der Waals surface area (Å²) < 4.78 is 28.5. The molecular weight excluding hydrogens is 274 g/mol. The predicted octanol–water partition coefficient (Wildman–Crippen LogP) is 2.53. The van der Waals surface area contributed by atoms with Gasteiger partial charge in [0.25, 0.3) is 0 Å². The third-order valence-electron chi connectivity index (χ3n) is 4.39. The molecule has 0 aromatic carbocycles. The Bertz CT molecular complexity index is 361. The maximum atomic E-state index is 11.3. The van der Waals surface area contributed by atoms with Crippen LogP contribution >= 0.6 is 0 Å². The zero-order valence-corrected chi connectivity index (χ0v) is 14.1. The monoisotopic (exact) mass is 305 g/mol. The van der Waals surface area contributed by atoms with Crippen LogP contribution in [0.15, 0.2) is 0 Å². The molecule has 0 bridgehead atoms. The molecule has 1 aliphatic carbocycles. The Morgan fingerprint density at radius 3 is 2.40 bits per heavy atom. The Kier molecular flexibility index (Phi) is 7.48. The number of rotatable bonds is 9. The van der Waals surface area contributed by atoms with Crippen molar-refractivity contribution in [3.63, 3.8) is 0 Å². The summed E-state index contributed by atoms with van der Waals surface area (Å²) in [5, 5.41) is 3.60. The Labute approximate surface area is 124 Å². The van der Waals surface area contributed by atoms with Gasteiger partial charge in [0.1, 0.15) is 9.84 Å². The lowest BCUT2D eigenvalue weighted by molar-refractivity contribution is -0.0693. The van der Waals surface area contributed by atoms with Gasteiger partial charge in [-0.1, -0.05) is 26.2 Å². The molecule has 1 saturated carbocycles. The van der Waals surface area contributed by atoms with Crippen molar-refractivity contribution in [2.45, 2.75) is 69.9 Å². The topological polar surface area (TPSA) is 55.4 Å². The first-order chi connectivity index (χ1) is 9.43. The first-order valence-electron chi connectivity index (χ1n) is 7.90. The summed E-state index contributed by atoms with van der Waals surface area (Å²) in [6.07, 6.45) is 9.87. The Morgan fingerprint density at radius 1 is 1.25 bits per heavy atom. The van der Waals surface area contributed by atoms with Crippen molar-refractivity contribution in [3.8, 4) is 0 Å². The lowest BCUT2D eigenvalue weighted by Crippen LogP contribution is -2.53. The van der Waals surface area contributed by atoms with E-state index in [1.807, 2.05) is 7.11 Å². The minimum atomic E-state index is -2.87. The largest absolute Gasteiger partial charge is 0.377 e. The van der Waals surface area contributed by atoms with Crippen LogP contribution in [0.1, 0.15) is 58.3 Å². The smallest absolute Gasteiger partial charge is 0.147 e. The van der Waals surface area contributed by atoms with Crippen molar-refractivity contribution in [3.05, 3.63) is 0 Å². The maximum absolute atomic E-state index is 11.3. The van der Waals surface area contributed by atoms with Gasteiger partial charge < -0.3 is 10.1 Å². The molecule has 1 N–H and O–H groups in total. The molecule has 0 heterocycles. The van der Waals surface area contributed by atoms with Gasteiger partial charge in [-0.05, 0) is 38.6 Å². The molecule has 5 heteroatoms. The summed E-state index contributed by atoms with van der Waals surface area (Å²) in [5.74, 6) is 0.275. The van der Waals surface area contributed by atoms with Crippen molar-refractivity contribution < 1.29 is 13.2 Å². The summed E-state index contributed by atoms with van der Waals surface area (Å²) in [5.41, 5.74) is -0.0923. The van der Waals surface area contributed by atoms with Crippen LogP contribution in [0.3, 0.4) is 0 Å². The fraction of sp³-hybridized carbons (Fsp3) is 1.00. The number of hydrogen-bond acceptors (Lipinski definition) is 4. The molecule has 4 nitrogen and oxygen atoms in total. The van der Waals surface area contributed by atoms with E-state index in [-0.39, 0.29) is 17.4 Å². The number of methoxy groups -OCH3 is 1. The minimum absolute atomic E-state index is 0.0923. The molecule has 0 spiro atoms. The first kappa shape index (κ1) is 17.9. The van der Waals surface area contributed by atoms with E-state index in [0.29, 0.717) is 6.42 Å². The molecule has 20 heavy (non-hydrogen) atoms. The molecule has 120 valence electrons. The molecular formula is C15H31NO3S. The minimum Gasteiger partial charge on any atom is -0.377 e. The van der Waals surface area contributed by atoms with Crippen LogP contribution in [0.25, 0.3) is 0 Å². The molecule has 0 radical (unpaired) electrons. The van der Waals surface area contributed by atoms with E-state index in [0.717, 1.165) is 32.2 Å². The molecule has 1 rings (SSSR count). The molecule has 0 saturated heterocycles. The van der Waals surface area contributed by atoms with Crippen LogP contribution in [0.5, 0.6) is 0 Å². The van der Waals surface area contributed by atoms with Crippen LogP contribution in [-0.2, 0) is 14.6 Å². The summed E-state index contributed by atoms with van der Waals surface area (Å²) in [6, 6.07) is 0.273. The number of ether oxygens (including phenoxy) is 1. The maximum Gasteiger partial charge on any atom is 0.147 e. The van der Waals surface area contributed by atoms with Gasteiger partial charge in [-0.15, -0.1) is 0 Å². The van der Waals surface area contributed by atoms with Gasteiger partial charge in [0.2, 0.25) is 0 Å². The van der Waals surface area contributed by atoms with Crippen molar-refractivity contribution in [1.29, 1.82) is 0 Å². The summed E-state index contributed by atoms with van der Waals surface area (Å²) >= 11 is 0. The van der Waals surface area contributed by atoms with E-state index >= 15 is 0 Å². The standard InChI is InChI=1S/C15H31NO3S/c1-4-12-16-14(9-8-13-20(3,17)18)15(19-2)10-6-5-7-11-15/h14,16H,4-13H2,1-3H3. The molecule has 0 aromatic rings. The quantitative estimate of drug-likeness (QED) is 0.711. The van der Waals surface area contributed by atoms with Crippen molar-refractivity contribution in [1.82, 2.24) is 5.32 Å². The molecule has 1 unspecified atom stereocenters. The second-order valence-corrected chi connectivity index (χ2v) is 8.37. The van der Waals surface area contributed by atoms with Crippen LogP contribution in [0, 0.1) is 0 Å². The van der Waals surface area contributed by atoms with Crippen LogP contribution in [0.4, 0.5) is 0 Å². The van der Waals surface area contributed by atoms with Crippen LogP contribution in [-0.4, -0.2) is 45.7 Å². The fourth-order valence-corrected chi connectivity index (χ4v) is 3.96. The van der Waals surface area contributed by atoms with Crippen molar-refractivity contribution in [2.75, 3.05) is 25.7 Å². The number of hydrogen-bond donors (Lipinski definition) is 1. The van der Waals surface area contributed by atoms with Gasteiger partial charge in [0.15, 0.2) is 0 Å². The van der Waals surface area contributed by atoms with Gasteiger partial charge in [-0.3, -0.25) is 0 Å². The van der Waals surface area contributed by atoms with Gasteiger partial charge >= 0.3 is 0 Å². The Morgan fingerprint density at radius 2 is 1.90 bits per heavy atom. The normalized spacial score (nSPS) is 20.8. The summed E-state index contributed by atoms with van der Waals surface area (Å²) in [4.78, 5) is 0. The second kappa shape index (κ2) is 8.35. The second-order valence-electron chi connectivity index (χ2n) is 6.11. The van der Waals surface area contributed by atoms with E-state index in [1.165, 1.54) is 25.5 Å². The molecule has 0 aromatic heterocycles. The zero-order chi connectivity index (χ0) is 15.1. The highest BCUT2D eigenvalue weighted by atomic mass is 32.2. The average Bonchev–Trinajstić information content (AvgIpc) is 2.42. The van der Waals surface area contributed by atoms with E-state index < -0.39 is 9.84 Å². The van der Waals surface area contributed by atoms with Crippen molar-refractivity contribution >= 4 is 9.84 Å². The highest BCUT2D eigenvalue weighted by Crippen LogP contribution is 2.35. The lowest BCUT2D eigenvalue weighted by Gasteiger charge is -2.43. The fourth-order valence-electron chi connectivity index (χ4n) is 3.26. The van der Waals surface area contributed by atoms with Gasteiger partial charge in [-0.25, -0.2) is 8.42 Å². The molecule has 1 aliphatic rings. The SMILES string of the molecule is CCCNC(CCCS(C)(=O)=O)C1(OC)CCCCC1. The van der Waals surface area contributed by atoms with Crippen LogP contribution < -0.4 is 5.32 Å². The van der Waals surface area contributed by atoms with Gasteiger partial charge in [-0.2, -0.15) is 0 Å². The van der Waals surface area contributed by atoms with E-state index in [1.54, 1.807) is 0 Å². The summed E-state index contributed by atoms with van der Waals surface area (Å²) in [7, 11) is -1.06. The van der Waals surface area contributed by atoms with Crippen LogP contribution in [0.2, 0.25) is 0 Å². The van der Waals surface area contributed by atoms with Crippen molar-refractivity contribution in [2.24, 2.45) is 0 Å². The van der Waals surface area contributed by atoms with E-state index in [2.05, 4.69) is 12.2 Å². The van der Waals surface area contributed by atoms with E-state index in [9.17, 15) is 8.42 Å². The van der Waals surface area contributed by atoms with Gasteiger partial charge in [0.05, 0.1) is 5.60 Å². The summed E-state index contributed by atoms with van der Waals surface area (Å²) in [6.45, 7) is 3.12. The Balaban J connectivity index is 2.65. The molecule has 1 fully saturated rings. The predicted molar refractivity (Wildman–Crippen MR) is 83.9 cm³/mol. The zero-order valence-electron chi connectivity index (χ0n) is 13.3. The lowest BCUT2D eigenvalue weighted by atomic mass is 9.77. The third kappa shape index (κ3) is 5.70. The third-order valence-corrected chi connectivity index (χ3v) is 5.42. The number of sulfone groups is 1. The number of nitrogens with one attached hydrogen (secondary N) is 1. The molecule has 1 atom stereocenters. The van der Waals surface area contributed by atoms with E-state index in [4.69, 9.17) is 4.74 Å². The first-order valence-corrected chi connectivity index (χ1v) is 9.96.